The zero-order chi connectivity index (χ0) is 12.5. The topological polar surface area (TPSA) is 61.7 Å². The highest BCUT2D eigenvalue weighted by Crippen LogP contribution is 2.28. The number of aryl methyl sites for hydroxylation is 2. The predicted molar refractivity (Wildman–Crippen MR) is 53.9 cm³/mol. The Bertz CT molecular complexity index is 499. The quantitative estimate of drug-likeness (QED) is 0.888. The number of anilines is 1. The van der Waals surface area contributed by atoms with Gasteiger partial charge < -0.3 is 5.73 Å². The first-order chi connectivity index (χ1) is 7.95. The molecule has 17 heavy (non-hydrogen) atoms. The van der Waals surface area contributed by atoms with Crippen LogP contribution in [0.5, 0.6) is 0 Å². The van der Waals surface area contributed by atoms with Crippen molar-refractivity contribution in [2.75, 3.05) is 5.73 Å². The van der Waals surface area contributed by atoms with Crippen molar-refractivity contribution in [1.82, 2.24) is 19.6 Å². The minimum Gasteiger partial charge on any atom is -0.396 e. The third-order valence-electron chi connectivity index (χ3n) is 2.17. The van der Waals surface area contributed by atoms with Crippen LogP contribution in [-0.4, -0.2) is 19.6 Å². The molecule has 8 heteroatoms. The SMILES string of the molecule is Nc1cnn(CCn2cc(C(F)(F)F)cn2)c1. The molecule has 0 spiro atoms. The summed E-state index contributed by atoms with van der Waals surface area (Å²) in [5.74, 6) is 0. The molecule has 0 radical (unpaired) electrons. The number of nitrogens with zero attached hydrogens (tertiary/aromatic N) is 4. The molecule has 0 saturated carbocycles. The Morgan fingerprint density at radius 1 is 1.06 bits per heavy atom. The summed E-state index contributed by atoms with van der Waals surface area (Å²) in [5.41, 5.74) is 5.22. The molecule has 0 bridgehead atoms. The fourth-order valence-electron chi connectivity index (χ4n) is 1.34. The van der Waals surface area contributed by atoms with E-state index in [1.165, 1.54) is 10.9 Å². The Kier molecular flexibility index (Phi) is 2.78. The number of alkyl halides is 3. The smallest absolute Gasteiger partial charge is 0.396 e. The Hall–Kier alpha value is -1.99. The molecule has 2 rings (SSSR count). The number of aromatic nitrogens is 4. The molecule has 0 saturated heterocycles. The van der Waals surface area contributed by atoms with E-state index in [1.807, 2.05) is 0 Å². The van der Waals surface area contributed by atoms with Crippen LogP contribution < -0.4 is 5.73 Å². The third kappa shape index (κ3) is 2.77. The highest BCUT2D eigenvalue weighted by atomic mass is 19.4. The number of hydrogen-bond donors (Lipinski definition) is 1. The van der Waals surface area contributed by atoms with Gasteiger partial charge in [-0.15, -0.1) is 0 Å². The molecule has 0 amide bonds. The lowest BCUT2D eigenvalue weighted by Gasteiger charge is -2.02. The summed E-state index contributed by atoms with van der Waals surface area (Å²) >= 11 is 0. The predicted octanol–water partition coefficient (Wildman–Crippen LogP) is 1.38. The lowest BCUT2D eigenvalue weighted by molar-refractivity contribution is -0.137. The van der Waals surface area contributed by atoms with Gasteiger partial charge in [-0.05, 0) is 0 Å². The standard InChI is InChI=1S/C9H10F3N5/c10-9(11,12)7-3-14-16(5-7)1-2-17-6-8(13)4-15-17/h3-6H,1-2,13H2. The average Bonchev–Trinajstić information content (AvgIpc) is 2.82. The lowest BCUT2D eigenvalue weighted by atomic mass is 10.4. The van der Waals surface area contributed by atoms with Crippen LogP contribution in [0.1, 0.15) is 5.56 Å². The van der Waals surface area contributed by atoms with Gasteiger partial charge in [-0.2, -0.15) is 23.4 Å². The lowest BCUT2D eigenvalue weighted by Crippen LogP contribution is -2.08. The van der Waals surface area contributed by atoms with Crippen molar-refractivity contribution in [3.8, 4) is 0 Å². The molecule has 5 nitrogen and oxygen atoms in total. The highest BCUT2D eigenvalue weighted by molar-refractivity contribution is 5.30. The number of nitrogens with two attached hydrogens (primary N) is 1. The van der Waals surface area contributed by atoms with E-state index in [0.717, 1.165) is 12.4 Å². The van der Waals surface area contributed by atoms with E-state index in [0.29, 0.717) is 18.8 Å². The zero-order valence-electron chi connectivity index (χ0n) is 8.72. The summed E-state index contributed by atoms with van der Waals surface area (Å²) in [5, 5.41) is 7.54. The summed E-state index contributed by atoms with van der Waals surface area (Å²) < 4.78 is 39.6. The van der Waals surface area contributed by atoms with E-state index in [-0.39, 0.29) is 0 Å². The van der Waals surface area contributed by atoms with Crippen LogP contribution in [0, 0.1) is 0 Å². The fourth-order valence-corrected chi connectivity index (χ4v) is 1.34. The van der Waals surface area contributed by atoms with Gasteiger partial charge in [0.25, 0.3) is 0 Å². The Labute approximate surface area is 94.6 Å². The minimum atomic E-state index is -4.35. The van der Waals surface area contributed by atoms with Crippen LogP contribution in [0.25, 0.3) is 0 Å². The zero-order valence-corrected chi connectivity index (χ0v) is 8.72. The number of hydrogen-bond acceptors (Lipinski definition) is 3. The maximum atomic E-state index is 12.3. The van der Waals surface area contributed by atoms with Crippen molar-refractivity contribution in [1.29, 1.82) is 0 Å². The van der Waals surface area contributed by atoms with Crippen molar-refractivity contribution in [2.45, 2.75) is 19.3 Å². The second-order valence-corrected chi connectivity index (χ2v) is 3.53. The van der Waals surface area contributed by atoms with Gasteiger partial charge in [0, 0.05) is 12.4 Å². The molecule has 0 unspecified atom stereocenters. The molecule has 2 aromatic rings. The molecule has 0 fully saturated rings. The first kappa shape index (κ1) is 11.5. The first-order valence-corrected chi connectivity index (χ1v) is 4.83. The Morgan fingerprint density at radius 3 is 2.12 bits per heavy atom. The van der Waals surface area contributed by atoms with Crippen LogP contribution in [0.15, 0.2) is 24.8 Å². The number of nitrogen functional groups attached to an aromatic ring is 1. The van der Waals surface area contributed by atoms with Gasteiger partial charge in [-0.25, -0.2) is 0 Å². The monoisotopic (exact) mass is 245 g/mol. The van der Waals surface area contributed by atoms with Gasteiger partial charge in [0.05, 0.1) is 36.7 Å². The van der Waals surface area contributed by atoms with Gasteiger partial charge in [0.2, 0.25) is 0 Å². The van der Waals surface area contributed by atoms with Crippen LogP contribution in [0.4, 0.5) is 18.9 Å². The van der Waals surface area contributed by atoms with E-state index in [1.54, 1.807) is 10.9 Å². The van der Waals surface area contributed by atoms with E-state index in [4.69, 9.17) is 5.73 Å². The fraction of sp³-hybridized carbons (Fsp3) is 0.333. The molecular weight excluding hydrogens is 235 g/mol. The van der Waals surface area contributed by atoms with Gasteiger partial charge in [-0.3, -0.25) is 9.36 Å². The van der Waals surface area contributed by atoms with E-state index < -0.39 is 11.7 Å². The number of rotatable bonds is 3. The normalized spacial score (nSPS) is 11.9. The van der Waals surface area contributed by atoms with E-state index >= 15 is 0 Å². The molecule has 0 aliphatic heterocycles. The molecule has 0 aromatic carbocycles. The van der Waals surface area contributed by atoms with Crippen molar-refractivity contribution in [3.63, 3.8) is 0 Å². The molecule has 2 N–H and O–H groups in total. The second-order valence-electron chi connectivity index (χ2n) is 3.53. The summed E-state index contributed by atoms with van der Waals surface area (Å²) in [7, 11) is 0. The summed E-state index contributed by atoms with van der Waals surface area (Å²) in [6.45, 7) is 0.716. The Morgan fingerprint density at radius 2 is 1.65 bits per heavy atom. The van der Waals surface area contributed by atoms with Crippen molar-refractivity contribution in [3.05, 3.63) is 30.4 Å². The van der Waals surface area contributed by atoms with Crippen molar-refractivity contribution in [2.24, 2.45) is 0 Å². The molecule has 2 heterocycles. The van der Waals surface area contributed by atoms with Crippen LogP contribution in [-0.2, 0) is 19.3 Å². The molecule has 2 aromatic heterocycles. The van der Waals surface area contributed by atoms with E-state index in [2.05, 4.69) is 10.2 Å². The van der Waals surface area contributed by atoms with Crippen LogP contribution in [0.2, 0.25) is 0 Å². The van der Waals surface area contributed by atoms with Crippen LogP contribution >= 0.6 is 0 Å². The van der Waals surface area contributed by atoms with Crippen molar-refractivity contribution >= 4 is 5.69 Å². The van der Waals surface area contributed by atoms with Crippen LogP contribution in [0.3, 0.4) is 0 Å². The largest absolute Gasteiger partial charge is 0.419 e. The summed E-state index contributed by atoms with van der Waals surface area (Å²) in [6, 6.07) is 0. The van der Waals surface area contributed by atoms with Gasteiger partial charge in [0.1, 0.15) is 0 Å². The van der Waals surface area contributed by atoms with E-state index in [9.17, 15) is 13.2 Å². The van der Waals surface area contributed by atoms with Gasteiger partial charge >= 0.3 is 6.18 Å². The maximum Gasteiger partial charge on any atom is 0.419 e. The summed E-state index contributed by atoms with van der Waals surface area (Å²) in [6.07, 6.45) is 0.497. The molecule has 0 aliphatic rings. The van der Waals surface area contributed by atoms with Crippen molar-refractivity contribution < 1.29 is 13.2 Å². The molecule has 0 atom stereocenters. The highest BCUT2D eigenvalue weighted by Gasteiger charge is 2.32. The molecule has 92 valence electrons. The molecule has 0 aliphatic carbocycles. The Balaban J connectivity index is 1.98. The number of halogens is 3. The summed E-state index contributed by atoms with van der Waals surface area (Å²) in [4.78, 5) is 0. The average molecular weight is 245 g/mol. The minimum absolute atomic E-state index is 0.303. The third-order valence-corrected chi connectivity index (χ3v) is 2.17. The second kappa shape index (κ2) is 4.11. The van der Waals surface area contributed by atoms with Gasteiger partial charge in [-0.1, -0.05) is 0 Å². The maximum absolute atomic E-state index is 12.3. The van der Waals surface area contributed by atoms with Gasteiger partial charge in [0.15, 0.2) is 0 Å². The molecular formula is C9H10F3N5. The first-order valence-electron chi connectivity index (χ1n) is 4.83.